The summed E-state index contributed by atoms with van der Waals surface area (Å²) in [7, 11) is 0. The van der Waals surface area contributed by atoms with Crippen molar-refractivity contribution >= 4 is 17.6 Å². The van der Waals surface area contributed by atoms with Gasteiger partial charge in [0.05, 0.1) is 11.4 Å². The highest BCUT2D eigenvalue weighted by molar-refractivity contribution is 6.31. The zero-order valence-corrected chi connectivity index (χ0v) is 14.1. The molecule has 1 aliphatic rings. The van der Waals surface area contributed by atoms with Gasteiger partial charge in [-0.15, -0.1) is 5.10 Å². The van der Waals surface area contributed by atoms with Crippen molar-refractivity contribution in [1.29, 1.82) is 0 Å². The average Bonchev–Trinajstić information content (AvgIpc) is 2.93. The highest BCUT2D eigenvalue weighted by Gasteiger charge is 2.24. The summed E-state index contributed by atoms with van der Waals surface area (Å²) in [5.41, 5.74) is 2.65. The van der Waals surface area contributed by atoms with E-state index >= 15 is 0 Å². The SMILES string of the molecule is Cc1c(Cl)cccc1-n1nnc(C(=O)OC2CCCCC2)c1C. The van der Waals surface area contributed by atoms with Gasteiger partial charge >= 0.3 is 5.97 Å². The molecule has 0 atom stereocenters. The molecule has 1 aromatic carbocycles. The lowest BCUT2D eigenvalue weighted by atomic mass is 9.98. The van der Waals surface area contributed by atoms with E-state index in [4.69, 9.17) is 16.3 Å². The number of hydrogen-bond acceptors (Lipinski definition) is 4. The molecule has 1 fully saturated rings. The molecule has 6 heteroatoms. The summed E-state index contributed by atoms with van der Waals surface area (Å²) in [4.78, 5) is 12.4. The van der Waals surface area contributed by atoms with Gasteiger partial charge in [-0.3, -0.25) is 0 Å². The summed E-state index contributed by atoms with van der Waals surface area (Å²) in [6.45, 7) is 3.73. The first-order valence-electron chi connectivity index (χ1n) is 7.96. The minimum absolute atomic E-state index is 0.00806. The van der Waals surface area contributed by atoms with E-state index in [0.29, 0.717) is 10.7 Å². The molecule has 1 aromatic heterocycles. The van der Waals surface area contributed by atoms with Gasteiger partial charge in [0, 0.05) is 5.02 Å². The summed E-state index contributed by atoms with van der Waals surface area (Å²) in [6.07, 6.45) is 5.33. The smallest absolute Gasteiger partial charge is 0.361 e. The van der Waals surface area contributed by atoms with Gasteiger partial charge in [-0.1, -0.05) is 29.3 Å². The van der Waals surface area contributed by atoms with Crippen molar-refractivity contribution in [3.63, 3.8) is 0 Å². The van der Waals surface area contributed by atoms with Gasteiger partial charge in [0.2, 0.25) is 0 Å². The van der Waals surface area contributed by atoms with Gasteiger partial charge in [-0.25, -0.2) is 9.48 Å². The van der Waals surface area contributed by atoms with E-state index in [1.54, 1.807) is 4.68 Å². The second-order valence-electron chi connectivity index (χ2n) is 5.98. The minimum Gasteiger partial charge on any atom is -0.458 e. The van der Waals surface area contributed by atoms with Crippen LogP contribution in [0.3, 0.4) is 0 Å². The summed E-state index contributed by atoms with van der Waals surface area (Å²) >= 11 is 6.16. The van der Waals surface area contributed by atoms with Crippen LogP contribution in [0.1, 0.15) is 53.8 Å². The number of halogens is 1. The van der Waals surface area contributed by atoms with Crippen LogP contribution < -0.4 is 0 Å². The zero-order valence-electron chi connectivity index (χ0n) is 13.4. The molecule has 0 saturated heterocycles. The Morgan fingerprint density at radius 1 is 1.26 bits per heavy atom. The van der Waals surface area contributed by atoms with Crippen molar-refractivity contribution in [2.75, 3.05) is 0 Å². The fraction of sp³-hybridized carbons (Fsp3) is 0.471. The third kappa shape index (κ3) is 3.24. The molecule has 2 aromatic rings. The molecule has 0 spiro atoms. The monoisotopic (exact) mass is 333 g/mol. The van der Waals surface area contributed by atoms with E-state index < -0.39 is 0 Å². The number of esters is 1. The predicted molar refractivity (Wildman–Crippen MR) is 88.1 cm³/mol. The number of carbonyl (C=O) groups is 1. The van der Waals surface area contributed by atoms with Crippen LogP contribution in [0.15, 0.2) is 18.2 Å². The van der Waals surface area contributed by atoms with Crippen molar-refractivity contribution < 1.29 is 9.53 Å². The van der Waals surface area contributed by atoms with Crippen molar-refractivity contribution in [3.05, 3.63) is 40.2 Å². The van der Waals surface area contributed by atoms with Gasteiger partial charge < -0.3 is 4.74 Å². The standard InChI is InChI=1S/C17H20ClN3O2/c1-11-14(18)9-6-10-15(11)21-12(2)16(19-20-21)17(22)23-13-7-4-3-5-8-13/h6,9-10,13H,3-5,7-8H2,1-2H3. The molecular weight excluding hydrogens is 314 g/mol. The number of carbonyl (C=O) groups excluding carboxylic acids is 1. The summed E-state index contributed by atoms with van der Waals surface area (Å²) in [5.74, 6) is -0.389. The van der Waals surface area contributed by atoms with Gasteiger partial charge in [-0.05, 0) is 57.2 Å². The van der Waals surface area contributed by atoms with Crippen LogP contribution >= 0.6 is 11.6 Å². The minimum atomic E-state index is -0.389. The topological polar surface area (TPSA) is 57.0 Å². The Morgan fingerprint density at radius 2 is 2.00 bits per heavy atom. The number of nitrogens with zero attached hydrogens (tertiary/aromatic N) is 3. The van der Waals surface area contributed by atoms with Gasteiger partial charge in [0.15, 0.2) is 5.69 Å². The largest absolute Gasteiger partial charge is 0.458 e. The van der Waals surface area contributed by atoms with Crippen LogP contribution in [-0.4, -0.2) is 27.1 Å². The lowest BCUT2D eigenvalue weighted by molar-refractivity contribution is 0.0203. The molecule has 0 bridgehead atoms. The van der Waals surface area contributed by atoms with Gasteiger partial charge in [0.1, 0.15) is 6.10 Å². The molecule has 1 saturated carbocycles. The van der Waals surface area contributed by atoms with E-state index in [9.17, 15) is 4.79 Å². The Balaban J connectivity index is 1.84. The second-order valence-corrected chi connectivity index (χ2v) is 6.39. The quantitative estimate of drug-likeness (QED) is 0.796. The maximum atomic E-state index is 12.4. The fourth-order valence-electron chi connectivity index (χ4n) is 2.96. The molecular formula is C17H20ClN3O2. The third-order valence-electron chi connectivity index (χ3n) is 4.38. The van der Waals surface area contributed by atoms with Crippen molar-refractivity contribution in [1.82, 2.24) is 15.0 Å². The van der Waals surface area contributed by atoms with Crippen molar-refractivity contribution in [2.24, 2.45) is 0 Å². The Bertz CT molecular complexity index is 721. The highest BCUT2D eigenvalue weighted by atomic mass is 35.5. The summed E-state index contributed by atoms with van der Waals surface area (Å²) in [6, 6.07) is 5.58. The number of rotatable bonds is 3. The molecule has 5 nitrogen and oxygen atoms in total. The summed E-state index contributed by atoms with van der Waals surface area (Å²) < 4.78 is 7.22. The van der Waals surface area contributed by atoms with Gasteiger partial charge in [-0.2, -0.15) is 0 Å². The number of hydrogen-bond donors (Lipinski definition) is 0. The Kier molecular flexibility index (Phi) is 4.66. The van der Waals surface area contributed by atoms with Gasteiger partial charge in [0.25, 0.3) is 0 Å². The third-order valence-corrected chi connectivity index (χ3v) is 4.79. The number of ether oxygens (including phenoxy) is 1. The Hall–Kier alpha value is -1.88. The molecule has 3 rings (SSSR count). The van der Waals surface area contributed by atoms with E-state index in [1.807, 2.05) is 32.0 Å². The lowest BCUT2D eigenvalue weighted by Crippen LogP contribution is -2.21. The molecule has 0 unspecified atom stereocenters. The molecule has 0 aliphatic heterocycles. The molecule has 0 amide bonds. The van der Waals surface area contributed by atoms with E-state index in [0.717, 1.165) is 36.9 Å². The van der Waals surface area contributed by atoms with Crippen LogP contribution in [0, 0.1) is 13.8 Å². The van der Waals surface area contributed by atoms with E-state index in [1.165, 1.54) is 6.42 Å². The average molecular weight is 334 g/mol. The number of aromatic nitrogens is 3. The van der Waals surface area contributed by atoms with Crippen molar-refractivity contribution in [2.45, 2.75) is 52.1 Å². The molecule has 1 aliphatic carbocycles. The fourth-order valence-corrected chi connectivity index (χ4v) is 3.13. The van der Waals surface area contributed by atoms with E-state index in [-0.39, 0.29) is 17.8 Å². The maximum absolute atomic E-state index is 12.4. The van der Waals surface area contributed by atoms with Crippen molar-refractivity contribution in [3.8, 4) is 5.69 Å². The molecule has 0 radical (unpaired) electrons. The first-order chi connectivity index (χ1) is 11.1. The lowest BCUT2D eigenvalue weighted by Gasteiger charge is -2.21. The normalized spacial score (nSPS) is 15.6. The molecule has 23 heavy (non-hydrogen) atoms. The van der Waals surface area contributed by atoms with Crippen LogP contribution in [0.4, 0.5) is 0 Å². The Labute approximate surface area is 140 Å². The molecule has 0 N–H and O–H groups in total. The number of benzene rings is 1. The predicted octanol–water partition coefficient (Wildman–Crippen LogP) is 4.03. The van der Waals surface area contributed by atoms with Crippen LogP contribution in [-0.2, 0) is 4.74 Å². The zero-order chi connectivity index (χ0) is 16.4. The Morgan fingerprint density at radius 3 is 2.74 bits per heavy atom. The summed E-state index contributed by atoms with van der Waals surface area (Å²) in [5, 5.41) is 8.79. The first-order valence-corrected chi connectivity index (χ1v) is 8.34. The molecule has 1 heterocycles. The maximum Gasteiger partial charge on any atom is 0.361 e. The first kappa shape index (κ1) is 16.0. The second kappa shape index (κ2) is 6.71. The van der Waals surface area contributed by atoms with E-state index in [2.05, 4.69) is 10.3 Å². The van der Waals surface area contributed by atoms with Crippen LogP contribution in [0.2, 0.25) is 5.02 Å². The van der Waals surface area contributed by atoms with Crippen LogP contribution in [0.5, 0.6) is 0 Å². The molecule has 122 valence electrons. The highest BCUT2D eigenvalue weighted by Crippen LogP contribution is 2.24. The van der Waals surface area contributed by atoms with Crippen LogP contribution in [0.25, 0.3) is 5.69 Å².